The molecule has 1 aliphatic heterocycles. The van der Waals surface area contributed by atoms with Crippen LogP contribution in [0.5, 0.6) is 0 Å². The fourth-order valence-electron chi connectivity index (χ4n) is 2.95. The Hall–Kier alpha value is -3.27. The zero-order valence-corrected chi connectivity index (χ0v) is 16.3. The number of hydrogen-bond donors (Lipinski definition) is 2. The Balaban J connectivity index is 1.74. The molecule has 1 aliphatic rings. The quantitative estimate of drug-likeness (QED) is 0.717. The number of methoxy groups -OCH3 is 1. The molecule has 8 nitrogen and oxygen atoms in total. The lowest BCUT2D eigenvalue weighted by Gasteiger charge is -2.34. The summed E-state index contributed by atoms with van der Waals surface area (Å²) < 4.78 is 17.8. The molecular formula is C19H18FN3O5S. The van der Waals surface area contributed by atoms with Gasteiger partial charge in [-0.15, -0.1) is 11.3 Å². The van der Waals surface area contributed by atoms with Gasteiger partial charge in [0.15, 0.2) is 0 Å². The van der Waals surface area contributed by atoms with Gasteiger partial charge in [0.2, 0.25) is 11.8 Å². The Morgan fingerprint density at radius 1 is 1.28 bits per heavy atom. The third-order valence-corrected chi connectivity index (χ3v) is 5.27. The van der Waals surface area contributed by atoms with Crippen molar-refractivity contribution >= 4 is 40.7 Å². The lowest BCUT2D eigenvalue weighted by atomic mass is 10.1. The highest BCUT2D eigenvalue weighted by molar-refractivity contribution is 7.12. The number of esters is 1. The van der Waals surface area contributed by atoms with Crippen LogP contribution in [0.3, 0.4) is 0 Å². The fraction of sp³-hybridized carbons (Fsp3) is 0.263. The maximum Gasteiger partial charge on any atom is 0.350 e. The first-order valence-electron chi connectivity index (χ1n) is 8.70. The molecule has 2 aromatic rings. The van der Waals surface area contributed by atoms with E-state index in [0.29, 0.717) is 0 Å². The van der Waals surface area contributed by atoms with Gasteiger partial charge in [0.05, 0.1) is 19.2 Å². The summed E-state index contributed by atoms with van der Waals surface area (Å²) in [5.41, 5.74) is 0.497. The zero-order chi connectivity index (χ0) is 21.0. The Morgan fingerprint density at radius 2 is 2.00 bits per heavy atom. The molecule has 0 radical (unpaired) electrons. The lowest BCUT2D eigenvalue weighted by Crippen LogP contribution is -2.58. The first kappa shape index (κ1) is 20.5. The Bertz CT molecular complexity index is 944. The van der Waals surface area contributed by atoms with Crippen LogP contribution in [-0.4, -0.2) is 54.8 Å². The van der Waals surface area contributed by atoms with E-state index >= 15 is 0 Å². The summed E-state index contributed by atoms with van der Waals surface area (Å²) in [6.45, 7) is 0.465. The number of piperazine rings is 1. The molecule has 1 fully saturated rings. The van der Waals surface area contributed by atoms with Crippen LogP contribution in [0.25, 0.3) is 0 Å². The van der Waals surface area contributed by atoms with Crippen molar-refractivity contribution < 1.29 is 28.3 Å². The van der Waals surface area contributed by atoms with Crippen molar-refractivity contribution in [1.82, 2.24) is 10.2 Å². The number of carbonyl (C=O) groups excluding carboxylic acids is 4. The predicted octanol–water partition coefficient (Wildman–Crippen LogP) is 1.64. The number of anilines is 1. The molecule has 10 heteroatoms. The van der Waals surface area contributed by atoms with E-state index < -0.39 is 35.5 Å². The average molecular weight is 419 g/mol. The standard InChI is InChI=1S/C19H18FN3O5S/c1-28-19(27)16-13(6-9-29-16)22-15(24)10-14-17(25)21-7-8-23(14)18(26)11-2-4-12(20)5-3-11/h2-6,9,14H,7-8,10H2,1H3,(H,21,25)(H,22,24)/t14-/m0/s1. The van der Waals surface area contributed by atoms with Gasteiger partial charge in [-0.3, -0.25) is 14.4 Å². The van der Waals surface area contributed by atoms with E-state index in [9.17, 15) is 23.6 Å². The second-order valence-corrected chi connectivity index (χ2v) is 7.14. The number of thiophene rings is 1. The smallest absolute Gasteiger partial charge is 0.350 e. The van der Waals surface area contributed by atoms with E-state index in [1.54, 1.807) is 11.4 Å². The minimum Gasteiger partial charge on any atom is -0.465 e. The van der Waals surface area contributed by atoms with Crippen molar-refractivity contribution in [2.75, 3.05) is 25.5 Å². The maximum absolute atomic E-state index is 13.1. The first-order chi connectivity index (χ1) is 13.9. The molecule has 0 saturated carbocycles. The zero-order valence-electron chi connectivity index (χ0n) is 15.4. The van der Waals surface area contributed by atoms with Crippen LogP contribution in [0.4, 0.5) is 10.1 Å². The molecule has 2 heterocycles. The third-order valence-electron chi connectivity index (χ3n) is 4.37. The van der Waals surface area contributed by atoms with Gasteiger partial charge >= 0.3 is 5.97 Å². The number of nitrogens with one attached hydrogen (secondary N) is 2. The van der Waals surface area contributed by atoms with Crippen LogP contribution < -0.4 is 10.6 Å². The molecular weight excluding hydrogens is 401 g/mol. The summed E-state index contributed by atoms with van der Waals surface area (Å²) in [7, 11) is 1.24. The molecule has 152 valence electrons. The first-order valence-corrected chi connectivity index (χ1v) is 9.58. The highest BCUT2D eigenvalue weighted by atomic mass is 32.1. The van der Waals surface area contributed by atoms with Gasteiger partial charge in [0.25, 0.3) is 5.91 Å². The Kier molecular flexibility index (Phi) is 6.23. The monoisotopic (exact) mass is 419 g/mol. The summed E-state index contributed by atoms with van der Waals surface area (Å²) in [5.74, 6) is -2.53. The Labute approximate surface area is 169 Å². The van der Waals surface area contributed by atoms with E-state index in [1.165, 1.54) is 24.1 Å². The van der Waals surface area contributed by atoms with E-state index in [-0.39, 0.29) is 35.6 Å². The minimum absolute atomic E-state index is 0.214. The van der Waals surface area contributed by atoms with Crippen LogP contribution in [0.15, 0.2) is 35.7 Å². The van der Waals surface area contributed by atoms with Gasteiger partial charge in [-0.25, -0.2) is 9.18 Å². The van der Waals surface area contributed by atoms with Crippen LogP contribution in [-0.2, 0) is 14.3 Å². The number of ether oxygens (including phenoxy) is 1. The lowest BCUT2D eigenvalue weighted by molar-refractivity contribution is -0.131. The van der Waals surface area contributed by atoms with Crippen molar-refractivity contribution in [2.24, 2.45) is 0 Å². The molecule has 1 atom stereocenters. The van der Waals surface area contributed by atoms with E-state index in [0.717, 1.165) is 23.5 Å². The van der Waals surface area contributed by atoms with Crippen LogP contribution >= 0.6 is 11.3 Å². The number of nitrogens with zero attached hydrogens (tertiary/aromatic N) is 1. The molecule has 1 aromatic heterocycles. The molecule has 1 aromatic carbocycles. The van der Waals surface area contributed by atoms with Crippen LogP contribution in [0, 0.1) is 5.82 Å². The molecule has 3 rings (SSSR count). The SMILES string of the molecule is COC(=O)c1sccc1NC(=O)C[C@H]1C(=O)NCCN1C(=O)c1ccc(F)cc1. The maximum atomic E-state index is 13.1. The van der Waals surface area contributed by atoms with Crippen molar-refractivity contribution in [2.45, 2.75) is 12.5 Å². The summed E-state index contributed by atoms with van der Waals surface area (Å²) in [6.07, 6.45) is -0.296. The molecule has 1 saturated heterocycles. The molecule has 29 heavy (non-hydrogen) atoms. The topological polar surface area (TPSA) is 105 Å². The molecule has 0 bridgehead atoms. The Morgan fingerprint density at radius 3 is 2.69 bits per heavy atom. The largest absolute Gasteiger partial charge is 0.465 e. The summed E-state index contributed by atoms with van der Waals surface area (Å²) in [4.78, 5) is 50.9. The fourth-order valence-corrected chi connectivity index (χ4v) is 3.72. The van der Waals surface area contributed by atoms with Crippen molar-refractivity contribution in [1.29, 1.82) is 0 Å². The predicted molar refractivity (Wildman–Crippen MR) is 103 cm³/mol. The van der Waals surface area contributed by atoms with Gasteiger partial charge in [-0.05, 0) is 35.7 Å². The van der Waals surface area contributed by atoms with E-state index in [1.807, 2.05) is 0 Å². The van der Waals surface area contributed by atoms with Crippen LogP contribution in [0.2, 0.25) is 0 Å². The highest BCUT2D eigenvalue weighted by Gasteiger charge is 2.35. The van der Waals surface area contributed by atoms with Crippen molar-refractivity contribution in [3.63, 3.8) is 0 Å². The van der Waals surface area contributed by atoms with Gasteiger partial charge in [0.1, 0.15) is 16.7 Å². The summed E-state index contributed by atoms with van der Waals surface area (Å²) in [5, 5.41) is 6.84. The molecule has 3 amide bonds. The van der Waals surface area contributed by atoms with Gasteiger partial charge < -0.3 is 20.3 Å². The number of benzene rings is 1. The van der Waals surface area contributed by atoms with Gasteiger partial charge in [-0.2, -0.15) is 0 Å². The van der Waals surface area contributed by atoms with Crippen molar-refractivity contribution in [3.8, 4) is 0 Å². The van der Waals surface area contributed by atoms with E-state index in [2.05, 4.69) is 15.4 Å². The molecule has 0 spiro atoms. The molecule has 0 unspecified atom stereocenters. The summed E-state index contributed by atoms with van der Waals surface area (Å²) >= 11 is 1.11. The van der Waals surface area contributed by atoms with Gasteiger partial charge in [-0.1, -0.05) is 0 Å². The van der Waals surface area contributed by atoms with Gasteiger partial charge in [0, 0.05) is 18.7 Å². The molecule has 2 N–H and O–H groups in total. The minimum atomic E-state index is -1.03. The number of halogens is 1. The van der Waals surface area contributed by atoms with E-state index in [4.69, 9.17) is 0 Å². The second-order valence-electron chi connectivity index (χ2n) is 6.22. The van der Waals surface area contributed by atoms with Crippen LogP contribution in [0.1, 0.15) is 26.5 Å². The summed E-state index contributed by atoms with van der Waals surface area (Å²) in [6, 6.07) is 5.50. The highest BCUT2D eigenvalue weighted by Crippen LogP contribution is 2.24. The third kappa shape index (κ3) is 4.60. The number of rotatable bonds is 5. The number of carbonyl (C=O) groups is 4. The van der Waals surface area contributed by atoms with Crippen molar-refractivity contribution in [3.05, 3.63) is 52.0 Å². The normalized spacial score (nSPS) is 16.1. The average Bonchev–Trinajstić information content (AvgIpc) is 3.17. The number of amides is 3. The molecule has 0 aliphatic carbocycles. The second kappa shape index (κ2) is 8.82. The number of hydrogen-bond acceptors (Lipinski definition) is 6.